The molecule has 0 aromatic carbocycles. The van der Waals surface area contributed by atoms with Gasteiger partial charge in [-0.05, 0) is 0 Å². The summed E-state index contributed by atoms with van der Waals surface area (Å²) in [5.41, 5.74) is 7.80. The zero-order valence-corrected chi connectivity index (χ0v) is 13.4. The van der Waals surface area contributed by atoms with Crippen molar-refractivity contribution < 1.29 is 21.7 Å². The molecule has 1 fully saturated rings. The molecule has 1 saturated carbocycles. The van der Waals surface area contributed by atoms with Gasteiger partial charge in [0.25, 0.3) is 0 Å². The van der Waals surface area contributed by atoms with Gasteiger partial charge in [-0.3, -0.25) is 0 Å². The molecule has 16 heavy (non-hydrogen) atoms. The molecule has 0 atom stereocenters. The molecule has 1 aliphatic rings. The van der Waals surface area contributed by atoms with Crippen molar-refractivity contribution in [2.45, 2.75) is 76.7 Å². The average molecular weight is 303 g/mol. The predicted octanol–water partition coefficient (Wildman–Crippen LogP) is 5.55. The minimum atomic E-state index is 0. The van der Waals surface area contributed by atoms with Crippen molar-refractivity contribution in [2.24, 2.45) is 0 Å². The van der Waals surface area contributed by atoms with E-state index < -0.39 is 0 Å². The molecule has 0 radical (unpaired) electrons. The van der Waals surface area contributed by atoms with E-state index in [1.807, 2.05) is 0 Å². The Morgan fingerprint density at radius 3 is 1.12 bits per heavy atom. The number of nitrogens with one attached hydrogen (secondary N) is 1. The van der Waals surface area contributed by atoms with Gasteiger partial charge in [-0.1, -0.05) is 70.6 Å². The molecule has 0 aliphatic heterocycles. The van der Waals surface area contributed by atoms with Crippen LogP contribution in [0.4, 0.5) is 0 Å². The number of halogens is 2. The van der Waals surface area contributed by atoms with Crippen LogP contribution < -0.4 is 0 Å². The van der Waals surface area contributed by atoms with Crippen molar-refractivity contribution in [1.29, 1.82) is 0 Å². The van der Waals surface area contributed by atoms with Crippen molar-refractivity contribution in [1.82, 2.24) is 0 Å². The van der Waals surface area contributed by atoms with Gasteiger partial charge in [0.15, 0.2) is 0 Å². The van der Waals surface area contributed by atoms with Crippen molar-refractivity contribution in [3.05, 3.63) is 5.73 Å². The molecule has 0 heterocycles. The number of hydrogen-bond donors (Lipinski definition) is 0. The maximum absolute atomic E-state index is 7.80. The average Bonchev–Trinajstić information content (AvgIpc) is 2.11. The topological polar surface area (TPSA) is 23.8 Å². The third-order valence-corrected chi connectivity index (χ3v) is 3.11. The van der Waals surface area contributed by atoms with Crippen LogP contribution in [-0.2, 0) is 21.7 Å². The van der Waals surface area contributed by atoms with Gasteiger partial charge in [0.05, 0.1) is 0 Å². The zero-order chi connectivity index (χ0) is 9.36. The van der Waals surface area contributed by atoms with E-state index in [2.05, 4.69) is 0 Å². The maximum atomic E-state index is 7.80. The van der Waals surface area contributed by atoms with Gasteiger partial charge in [0.1, 0.15) is 0 Å². The first-order chi connectivity index (χ1) is 6.39. The third-order valence-electron chi connectivity index (χ3n) is 3.11. The molecule has 0 unspecified atom stereocenters. The summed E-state index contributed by atoms with van der Waals surface area (Å²) in [6.07, 6.45) is 14.8. The van der Waals surface area contributed by atoms with Crippen LogP contribution in [-0.4, -0.2) is 6.04 Å². The van der Waals surface area contributed by atoms with Crippen molar-refractivity contribution in [2.75, 3.05) is 0 Å². The first kappa shape index (κ1) is 22.4. The van der Waals surface area contributed by atoms with Crippen LogP contribution in [0.25, 0.3) is 5.73 Å². The minimum Gasteiger partial charge on any atom is -0.675 e. The van der Waals surface area contributed by atoms with E-state index in [9.17, 15) is 0 Å². The second-order valence-corrected chi connectivity index (χ2v) is 4.46. The van der Waals surface area contributed by atoms with Crippen LogP contribution in [0.3, 0.4) is 0 Å². The predicted molar refractivity (Wildman–Crippen MR) is 73.4 cm³/mol. The Bertz CT molecular complexity index is 114. The fourth-order valence-electron chi connectivity index (χ4n) is 2.16. The van der Waals surface area contributed by atoms with Crippen molar-refractivity contribution in [3.63, 3.8) is 0 Å². The SMILES string of the molecule is Cl.Cl.[NH-]C1CCCCCCCCCCC1.[Ti]. The Morgan fingerprint density at radius 2 is 0.812 bits per heavy atom. The summed E-state index contributed by atoms with van der Waals surface area (Å²) in [6, 6.07) is 0.249. The summed E-state index contributed by atoms with van der Waals surface area (Å²) < 4.78 is 0. The molecule has 0 spiro atoms. The van der Waals surface area contributed by atoms with Crippen LogP contribution in [0, 0.1) is 0 Å². The quantitative estimate of drug-likeness (QED) is 0.524. The van der Waals surface area contributed by atoms with E-state index in [0.29, 0.717) is 0 Å². The van der Waals surface area contributed by atoms with Gasteiger partial charge in [-0.15, -0.1) is 30.9 Å². The molecular weight excluding hydrogens is 277 g/mol. The summed E-state index contributed by atoms with van der Waals surface area (Å²) >= 11 is 0. The summed E-state index contributed by atoms with van der Waals surface area (Å²) in [5.74, 6) is 0. The van der Waals surface area contributed by atoms with Gasteiger partial charge in [-0.25, -0.2) is 0 Å². The molecule has 1 aliphatic carbocycles. The van der Waals surface area contributed by atoms with E-state index >= 15 is 0 Å². The largest absolute Gasteiger partial charge is 0.675 e. The van der Waals surface area contributed by atoms with Crippen LogP contribution in [0.15, 0.2) is 0 Å². The third kappa shape index (κ3) is 13.3. The molecule has 0 aromatic rings. The second kappa shape index (κ2) is 16.3. The van der Waals surface area contributed by atoms with Crippen LogP contribution in [0.1, 0.15) is 70.6 Å². The number of rotatable bonds is 0. The minimum absolute atomic E-state index is 0. The van der Waals surface area contributed by atoms with Crippen LogP contribution in [0.2, 0.25) is 0 Å². The number of hydrogen-bond acceptors (Lipinski definition) is 0. The van der Waals surface area contributed by atoms with Gasteiger partial charge < -0.3 is 5.73 Å². The fraction of sp³-hybridized carbons (Fsp3) is 1.00. The molecule has 0 amide bonds. The first-order valence-corrected chi connectivity index (χ1v) is 6.11. The van der Waals surface area contributed by atoms with E-state index in [-0.39, 0.29) is 52.6 Å². The van der Waals surface area contributed by atoms with E-state index in [0.717, 1.165) is 12.8 Å². The molecule has 1 rings (SSSR count). The van der Waals surface area contributed by atoms with Crippen LogP contribution >= 0.6 is 24.8 Å². The van der Waals surface area contributed by atoms with Crippen LogP contribution in [0.5, 0.6) is 0 Å². The van der Waals surface area contributed by atoms with Crippen molar-refractivity contribution >= 4 is 24.8 Å². The van der Waals surface area contributed by atoms with Crippen molar-refractivity contribution in [3.8, 4) is 0 Å². The second-order valence-electron chi connectivity index (χ2n) is 4.46. The molecule has 0 aromatic heterocycles. The maximum Gasteiger partial charge on any atom is 0 e. The standard InChI is InChI=1S/C12H24N.2ClH.Ti/c13-12-10-8-6-4-2-1-3-5-7-9-11-12;;;/h12-13H,1-11H2;2*1H;/q-1;;;. The zero-order valence-electron chi connectivity index (χ0n) is 10.2. The van der Waals surface area contributed by atoms with E-state index in [1.165, 1.54) is 57.8 Å². The molecule has 1 N–H and O–H groups in total. The van der Waals surface area contributed by atoms with Gasteiger partial charge in [0.2, 0.25) is 0 Å². The molecule has 98 valence electrons. The summed E-state index contributed by atoms with van der Waals surface area (Å²) in [4.78, 5) is 0. The molecule has 0 saturated heterocycles. The van der Waals surface area contributed by atoms with Gasteiger partial charge >= 0.3 is 0 Å². The van der Waals surface area contributed by atoms with E-state index in [1.54, 1.807) is 0 Å². The van der Waals surface area contributed by atoms with Gasteiger partial charge in [-0.2, -0.15) is 0 Å². The molecule has 4 heteroatoms. The summed E-state index contributed by atoms with van der Waals surface area (Å²) in [7, 11) is 0. The van der Waals surface area contributed by atoms with E-state index in [4.69, 9.17) is 5.73 Å². The molecule has 1 nitrogen and oxygen atoms in total. The molecule has 0 bridgehead atoms. The monoisotopic (exact) mass is 302 g/mol. The molecular formula is C12H26Cl2NTi-. The smallest absolute Gasteiger partial charge is 0 e. The normalized spacial score (nSPS) is 20.1. The first-order valence-electron chi connectivity index (χ1n) is 6.11. The Hall–Kier alpha value is 1.25. The summed E-state index contributed by atoms with van der Waals surface area (Å²) in [5, 5.41) is 0. The Morgan fingerprint density at radius 1 is 0.562 bits per heavy atom. The Kier molecular flexibility index (Phi) is 22.8. The Labute approximate surface area is 128 Å². The fourth-order valence-corrected chi connectivity index (χ4v) is 2.16. The Balaban J connectivity index is -0.000000563. The summed E-state index contributed by atoms with van der Waals surface area (Å²) in [6.45, 7) is 0. The van der Waals surface area contributed by atoms with Gasteiger partial charge in [0, 0.05) is 21.7 Å².